The molecule has 0 saturated heterocycles. The lowest BCUT2D eigenvalue weighted by Crippen LogP contribution is -2.29. The molecule has 53 heavy (non-hydrogen) atoms. The molecule has 0 aliphatic heterocycles. The summed E-state index contributed by atoms with van der Waals surface area (Å²) >= 11 is 0. The average molecular weight is 777 g/mol. The van der Waals surface area contributed by atoms with Gasteiger partial charge < -0.3 is 24.6 Å². The molecule has 0 fully saturated rings. The summed E-state index contributed by atoms with van der Waals surface area (Å²) in [5.41, 5.74) is 0. The second-order valence-electron chi connectivity index (χ2n) is 14.7. The van der Waals surface area contributed by atoms with Crippen molar-refractivity contribution in [2.45, 2.75) is 219 Å². The molecular weight excluding hydrogens is 695 g/mol. The van der Waals surface area contributed by atoms with Gasteiger partial charge in [0.25, 0.3) is 0 Å². The maximum Gasteiger partial charge on any atom is 0.472 e. The van der Waals surface area contributed by atoms with Crippen molar-refractivity contribution in [2.24, 2.45) is 0 Å². The molecule has 0 aliphatic carbocycles. The molecule has 0 aliphatic rings. The van der Waals surface area contributed by atoms with E-state index in [1.165, 1.54) is 109 Å². The van der Waals surface area contributed by atoms with E-state index < -0.39 is 51.8 Å². The number of rotatable bonds is 41. The highest BCUT2D eigenvalue weighted by molar-refractivity contribution is 7.47. The Labute approximate surface area is 324 Å². The first-order chi connectivity index (χ1) is 25.7. The molecule has 1 unspecified atom stereocenters. The van der Waals surface area contributed by atoms with Crippen molar-refractivity contribution in [3.8, 4) is 0 Å². The molecule has 0 aromatic rings. The number of allylic oxidation sites excluding steroid dienone is 2. The zero-order chi connectivity index (χ0) is 39.1. The van der Waals surface area contributed by atoms with E-state index in [-0.39, 0.29) is 19.4 Å². The van der Waals surface area contributed by atoms with Crippen molar-refractivity contribution in [1.29, 1.82) is 0 Å². The summed E-state index contributed by atoms with van der Waals surface area (Å²) in [7, 11) is -4.61. The van der Waals surface area contributed by atoms with Crippen molar-refractivity contribution in [1.82, 2.24) is 0 Å². The number of carbonyl (C=O) groups is 2. The fourth-order valence-corrected chi connectivity index (χ4v) is 6.84. The molecule has 3 N–H and O–H groups in total. The minimum atomic E-state index is -4.61. The van der Waals surface area contributed by atoms with Crippen molar-refractivity contribution >= 4 is 19.8 Å². The van der Waals surface area contributed by atoms with E-state index in [0.717, 1.165) is 57.8 Å². The Morgan fingerprint density at radius 1 is 0.547 bits per heavy atom. The fraction of sp³-hybridized carbons (Fsp3) is 0.905. The van der Waals surface area contributed by atoms with Gasteiger partial charge in [-0.15, -0.1) is 0 Å². The Morgan fingerprint density at radius 2 is 0.925 bits per heavy atom. The van der Waals surface area contributed by atoms with Gasteiger partial charge in [-0.05, 0) is 38.5 Å². The smallest absolute Gasteiger partial charge is 0.462 e. The Bertz CT molecular complexity index is 899. The fourth-order valence-electron chi connectivity index (χ4n) is 6.05. The number of unbranched alkanes of at least 4 members (excludes halogenated alkanes) is 25. The van der Waals surface area contributed by atoms with Gasteiger partial charge in [0.1, 0.15) is 12.7 Å². The van der Waals surface area contributed by atoms with Gasteiger partial charge in [-0.2, -0.15) is 0 Å². The van der Waals surface area contributed by atoms with Gasteiger partial charge >= 0.3 is 19.8 Å². The van der Waals surface area contributed by atoms with Gasteiger partial charge in [0.15, 0.2) is 6.10 Å². The van der Waals surface area contributed by atoms with Crippen LogP contribution in [0, 0.1) is 0 Å². The molecule has 0 spiro atoms. The number of phosphoric acid groups is 1. The normalized spacial score (nSPS) is 14.0. The van der Waals surface area contributed by atoms with E-state index in [1.807, 2.05) is 0 Å². The van der Waals surface area contributed by atoms with Gasteiger partial charge in [0.05, 0.1) is 19.8 Å². The molecule has 0 aromatic carbocycles. The van der Waals surface area contributed by atoms with Crippen LogP contribution < -0.4 is 0 Å². The van der Waals surface area contributed by atoms with Crippen LogP contribution in [0.25, 0.3) is 0 Å². The highest BCUT2D eigenvalue weighted by Crippen LogP contribution is 2.43. The molecule has 0 aromatic heterocycles. The van der Waals surface area contributed by atoms with Crippen LogP contribution in [0.2, 0.25) is 0 Å². The molecule has 11 heteroatoms. The zero-order valence-electron chi connectivity index (χ0n) is 34.0. The average Bonchev–Trinajstić information content (AvgIpc) is 3.14. The molecule has 0 heterocycles. The number of phosphoric ester groups is 1. The SMILES string of the molecule is CCCCC/C=C/CCCCCCCC(=O)O[C@@H](COC(=O)CCCCCCCCCCCCCCCCCCCC)COP(=O)(O)OC[C@H](O)CO. The number of esters is 2. The predicted molar refractivity (Wildman–Crippen MR) is 215 cm³/mol. The van der Waals surface area contributed by atoms with Crippen LogP contribution in [-0.4, -0.2) is 65.7 Å². The maximum atomic E-state index is 12.6. The third-order valence-electron chi connectivity index (χ3n) is 9.42. The quantitative estimate of drug-likeness (QED) is 0.0237. The summed E-state index contributed by atoms with van der Waals surface area (Å²) in [6, 6.07) is 0. The van der Waals surface area contributed by atoms with Crippen LogP contribution in [0.15, 0.2) is 12.2 Å². The van der Waals surface area contributed by atoms with Crippen molar-refractivity contribution < 1.29 is 47.8 Å². The van der Waals surface area contributed by atoms with Crippen LogP contribution in [0.1, 0.15) is 206 Å². The Balaban J connectivity index is 4.23. The third-order valence-corrected chi connectivity index (χ3v) is 10.4. The van der Waals surface area contributed by atoms with E-state index in [1.54, 1.807) is 0 Å². The first-order valence-electron chi connectivity index (χ1n) is 21.6. The van der Waals surface area contributed by atoms with Gasteiger partial charge in [-0.25, -0.2) is 4.57 Å². The molecule has 0 radical (unpaired) electrons. The zero-order valence-corrected chi connectivity index (χ0v) is 34.9. The summed E-state index contributed by atoms with van der Waals surface area (Å²) in [6.45, 7) is 2.37. The molecule has 0 saturated carbocycles. The summed E-state index contributed by atoms with van der Waals surface area (Å²) in [6.07, 6.45) is 36.1. The van der Waals surface area contributed by atoms with Crippen LogP contribution in [-0.2, 0) is 32.7 Å². The van der Waals surface area contributed by atoms with Crippen molar-refractivity contribution in [3.05, 3.63) is 12.2 Å². The lowest BCUT2D eigenvalue weighted by atomic mass is 10.0. The number of carbonyl (C=O) groups excluding carboxylic acids is 2. The Morgan fingerprint density at radius 3 is 1.40 bits per heavy atom. The lowest BCUT2D eigenvalue weighted by Gasteiger charge is -2.20. The number of aliphatic hydroxyl groups is 2. The summed E-state index contributed by atoms with van der Waals surface area (Å²) < 4.78 is 32.7. The van der Waals surface area contributed by atoms with E-state index in [4.69, 9.17) is 19.1 Å². The van der Waals surface area contributed by atoms with E-state index in [2.05, 4.69) is 30.5 Å². The number of hydrogen-bond donors (Lipinski definition) is 3. The Kier molecular flexibility index (Phi) is 38.0. The molecule has 314 valence electrons. The summed E-state index contributed by atoms with van der Waals surface area (Å²) in [5, 5.41) is 18.3. The molecule has 0 rings (SSSR count). The van der Waals surface area contributed by atoms with Crippen LogP contribution >= 0.6 is 7.82 Å². The van der Waals surface area contributed by atoms with E-state index in [9.17, 15) is 24.2 Å². The first-order valence-corrected chi connectivity index (χ1v) is 23.1. The van der Waals surface area contributed by atoms with Crippen LogP contribution in [0.3, 0.4) is 0 Å². The number of ether oxygens (including phenoxy) is 2. The lowest BCUT2D eigenvalue weighted by molar-refractivity contribution is -0.161. The molecule has 3 atom stereocenters. The monoisotopic (exact) mass is 777 g/mol. The second-order valence-corrected chi connectivity index (χ2v) is 16.2. The summed E-state index contributed by atoms with van der Waals surface area (Å²) in [5.74, 6) is -0.926. The standard InChI is InChI=1S/C42H81O10P/c1-3-5-7-9-11-13-15-17-18-19-20-21-22-24-25-27-29-31-33-41(45)49-37-40(38-51-53(47,48)50-36-39(44)35-43)52-42(46)34-32-30-28-26-23-16-14-12-10-8-6-4-2/h12,14,39-40,43-44H,3-11,13,15-38H2,1-2H3,(H,47,48)/b14-12+/t39-,40+/m1/s1. The molecule has 10 nitrogen and oxygen atoms in total. The van der Waals surface area contributed by atoms with Gasteiger partial charge in [-0.3, -0.25) is 18.6 Å². The van der Waals surface area contributed by atoms with Crippen molar-refractivity contribution in [3.63, 3.8) is 0 Å². The van der Waals surface area contributed by atoms with Crippen LogP contribution in [0.4, 0.5) is 0 Å². The minimum absolute atomic E-state index is 0.178. The largest absolute Gasteiger partial charge is 0.472 e. The van der Waals surface area contributed by atoms with Gasteiger partial charge in [-0.1, -0.05) is 167 Å². The Hall–Kier alpha value is -1.29. The topological polar surface area (TPSA) is 149 Å². The maximum absolute atomic E-state index is 12.6. The molecule has 0 bridgehead atoms. The van der Waals surface area contributed by atoms with Gasteiger partial charge in [0, 0.05) is 12.8 Å². The molecule has 0 amide bonds. The number of hydrogen-bond acceptors (Lipinski definition) is 9. The highest BCUT2D eigenvalue weighted by Gasteiger charge is 2.27. The van der Waals surface area contributed by atoms with Gasteiger partial charge in [0.2, 0.25) is 0 Å². The highest BCUT2D eigenvalue weighted by atomic mass is 31.2. The third kappa shape index (κ3) is 38.8. The van der Waals surface area contributed by atoms with Crippen LogP contribution in [0.5, 0.6) is 0 Å². The van der Waals surface area contributed by atoms with Crippen molar-refractivity contribution in [2.75, 3.05) is 26.4 Å². The van der Waals surface area contributed by atoms with E-state index >= 15 is 0 Å². The number of aliphatic hydroxyl groups excluding tert-OH is 2. The predicted octanol–water partition coefficient (Wildman–Crippen LogP) is 11.2. The second kappa shape index (κ2) is 39.0. The first kappa shape index (κ1) is 51.7. The minimum Gasteiger partial charge on any atom is -0.462 e. The molecular formula is C42H81O10P. The summed E-state index contributed by atoms with van der Waals surface area (Å²) in [4.78, 5) is 34.9. The van der Waals surface area contributed by atoms with E-state index in [0.29, 0.717) is 12.8 Å².